The SMILES string of the molecule is Cc1cc2c(-c3ccc(OC4CCOCC4)c(C#N)c3)ccnc2n1Sc1ccccc1. The number of rotatable bonds is 5. The van der Waals surface area contributed by atoms with E-state index in [0.717, 1.165) is 45.6 Å². The van der Waals surface area contributed by atoms with Crippen LogP contribution in [0.1, 0.15) is 24.1 Å². The van der Waals surface area contributed by atoms with E-state index >= 15 is 0 Å². The van der Waals surface area contributed by atoms with Gasteiger partial charge in [0, 0.05) is 35.0 Å². The molecule has 0 atom stereocenters. The maximum Gasteiger partial charge on any atom is 0.151 e. The number of fused-ring (bicyclic) bond motifs is 1. The lowest BCUT2D eigenvalue weighted by Gasteiger charge is -2.23. The van der Waals surface area contributed by atoms with Crippen LogP contribution in [0, 0.1) is 18.3 Å². The van der Waals surface area contributed by atoms with Crippen LogP contribution < -0.4 is 4.74 Å². The van der Waals surface area contributed by atoms with Crippen molar-refractivity contribution in [2.75, 3.05) is 13.2 Å². The maximum absolute atomic E-state index is 9.77. The van der Waals surface area contributed by atoms with Gasteiger partial charge in [-0.15, -0.1) is 0 Å². The molecule has 0 saturated carbocycles. The number of ether oxygens (including phenoxy) is 2. The minimum atomic E-state index is 0.0982. The van der Waals surface area contributed by atoms with Gasteiger partial charge in [0.15, 0.2) is 5.65 Å². The molecule has 5 nitrogen and oxygen atoms in total. The van der Waals surface area contributed by atoms with Crippen molar-refractivity contribution in [1.29, 1.82) is 5.26 Å². The van der Waals surface area contributed by atoms with Crippen molar-refractivity contribution in [3.63, 3.8) is 0 Å². The summed E-state index contributed by atoms with van der Waals surface area (Å²) < 4.78 is 13.7. The van der Waals surface area contributed by atoms with Gasteiger partial charge in [-0.3, -0.25) is 3.97 Å². The molecule has 2 aromatic heterocycles. The zero-order valence-electron chi connectivity index (χ0n) is 17.8. The summed E-state index contributed by atoms with van der Waals surface area (Å²) in [5.74, 6) is 0.641. The Morgan fingerprint density at radius 1 is 1.09 bits per heavy atom. The van der Waals surface area contributed by atoms with E-state index in [4.69, 9.17) is 9.47 Å². The number of aryl methyl sites for hydroxylation is 1. The lowest BCUT2D eigenvalue weighted by atomic mass is 10.0. The van der Waals surface area contributed by atoms with Gasteiger partial charge in [-0.1, -0.05) is 24.3 Å². The van der Waals surface area contributed by atoms with Crippen LogP contribution in [0.3, 0.4) is 0 Å². The molecule has 0 N–H and O–H groups in total. The van der Waals surface area contributed by atoms with E-state index in [1.807, 2.05) is 48.7 Å². The zero-order chi connectivity index (χ0) is 21.9. The molecule has 0 amide bonds. The van der Waals surface area contributed by atoms with E-state index in [9.17, 15) is 5.26 Å². The minimum absolute atomic E-state index is 0.0982. The Morgan fingerprint density at radius 2 is 1.91 bits per heavy atom. The first-order valence-corrected chi connectivity index (χ1v) is 11.5. The fourth-order valence-electron chi connectivity index (χ4n) is 4.02. The number of aromatic nitrogens is 2. The third kappa shape index (κ3) is 4.10. The molecule has 0 unspecified atom stereocenters. The monoisotopic (exact) mass is 441 g/mol. The van der Waals surface area contributed by atoms with Crippen LogP contribution >= 0.6 is 11.9 Å². The smallest absolute Gasteiger partial charge is 0.151 e. The second kappa shape index (κ2) is 9.07. The van der Waals surface area contributed by atoms with Crippen molar-refractivity contribution in [2.24, 2.45) is 0 Å². The normalized spacial score (nSPS) is 14.4. The highest BCUT2D eigenvalue weighted by molar-refractivity contribution is 7.98. The maximum atomic E-state index is 9.77. The number of hydrogen-bond donors (Lipinski definition) is 0. The van der Waals surface area contributed by atoms with Crippen molar-refractivity contribution >= 4 is 23.0 Å². The van der Waals surface area contributed by atoms with Gasteiger partial charge in [-0.05, 0) is 66.4 Å². The van der Waals surface area contributed by atoms with Crippen molar-refractivity contribution in [2.45, 2.75) is 30.8 Å². The third-order valence-electron chi connectivity index (χ3n) is 5.65. The Hall–Kier alpha value is -3.27. The average molecular weight is 442 g/mol. The Bertz CT molecular complexity index is 1290. The highest BCUT2D eigenvalue weighted by atomic mass is 32.2. The minimum Gasteiger partial charge on any atom is -0.489 e. The van der Waals surface area contributed by atoms with Crippen LogP contribution in [-0.4, -0.2) is 28.3 Å². The summed E-state index contributed by atoms with van der Waals surface area (Å²) >= 11 is 1.66. The summed E-state index contributed by atoms with van der Waals surface area (Å²) in [6, 6.07) is 22.6. The Labute approximate surface area is 191 Å². The Balaban J connectivity index is 1.50. The quantitative estimate of drug-likeness (QED) is 0.380. The molecule has 3 heterocycles. The average Bonchev–Trinajstić information content (AvgIpc) is 3.16. The third-order valence-corrected chi connectivity index (χ3v) is 6.77. The lowest BCUT2D eigenvalue weighted by molar-refractivity contribution is 0.0254. The van der Waals surface area contributed by atoms with Gasteiger partial charge < -0.3 is 9.47 Å². The van der Waals surface area contributed by atoms with Crippen LogP contribution in [0.5, 0.6) is 5.75 Å². The van der Waals surface area contributed by atoms with E-state index in [2.05, 4.69) is 40.1 Å². The number of hydrogen-bond acceptors (Lipinski definition) is 5. The van der Waals surface area contributed by atoms with Crippen molar-refractivity contribution in [3.05, 3.63) is 78.1 Å². The molecular formula is C26H23N3O2S. The first kappa shape index (κ1) is 20.6. The molecule has 2 aromatic carbocycles. The number of nitriles is 1. The van der Waals surface area contributed by atoms with Gasteiger partial charge in [0.1, 0.15) is 17.9 Å². The van der Waals surface area contributed by atoms with Gasteiger partial charge in [0.2, 0.25) is 0 Å². The van der Waals surface area contributed by atoms with Gasteiger partial charge in [-0.2, -0.15) is 5.26 Å². The summed E-state index contributed by atoms with van der Waals surface area (Å²) in [4.78, 5) is 5.82. The Morgan fingerprint density at radius 3 is 2.69 bits per heavy atom. The lowest BCUT2D eigenvalue weighted by Crippen LogP contribution is -2.26. The van der Waals surface area contributed by atoms with Gasteiger partial charge in [0.05, 0.1) is 18.8 Å². The topological polar surface area (TPSA) is 60.1 Å². The van der Waals surface area contributed by atoms with Crippen LogP contribution in [0.4, 0.5) is 0 Å². The zero-order valence-corrected chi connectivity index (χ0v) is 18.6. The van der Waals surface area contributed by atoms with Crippen molar-refractivity contribution in [1.82, 2.24) is 8.96 Å². The molecule has 32 heavy (non-hydrogen) atoms. The van der Waals surface area contributed by atoms with Gasteiger partial charge in [0.25, 0.3) is 0 Å². The van der Waals surface area contributed by atoms with Crippen LogP contribution in [0.2, 0.25) is 0 Å². The number of pyridine rings is 1. The molecule has 1 aliphatic heterocycles. The molecule has 0 radical (unpaired) electrons. The molecule has 160 valence electrons. The second-order valence-electron chi connectivity index (χ2n) is 7.83. The first-order valence-electron chi connectivity index (χ1n) is 10.7. The number of nitrogens with zero attached hydrogens (tertiary/aromatic N) is 3. The van der Waals surface area contributed by atoms with E-state index in [-0.39, 0.29) is 6.10 Å². The predicted octanol–water partition coefficient (Wildman–Crippen LogP) is 6.00. The van der Waals surface area contributed by atoms with Crippen LogP contribution in [0.25, 0.3) is 22.2 Å². The molecule has 4 aromatic rings. The van der Waals surface area contributed by atoms with E-state index in [1.54, 1.807) is 11.9 Å². The summed E-state index contributed by atoms with van der Waals surface area (Å²) in [7, 11) is 0. The molecule has 5 rings (SSSR count). The molecule has 1 aliphatic rings. The molecule has 1 fully saturated rings. The van der Waals surface area contributed by atoms with E-state index in [0.29, 0.717) is 24.5 Å². The number of benzene rings is 2. The molecule has 0 bridgehead atoms. The van der Waals surface area contributed by atoms with E-state index in [1.165, 1.54) is 0 Å². The molecule has 0 spiro atoms. The molecular weight excluding hydrogens is 418 g/mol. The summed E-state index contributed by atoms with van der Waals surface area (Å²) in [6.07, 6.45) is 3.63. The molecule has 0 aliphatic carbocycles. The fraction of sp³-hybridized carbons (Fsp3) is 0.231. The highest BCUT2D eigenvalue weighted by Gasteiger charge is 2.18. The summed E-state index contributed by atoms with van der Waals surface area (Å²) in [5.41, 5.74) is 4.62. The van der Waals surface area contributed by atoms with Gasteiger partial charge >= 0.3 is 0 Å². The van der Waals surface area contributed by atoms with Crippen molar-refractivity contribution < 1.29 is 9.47 Å². The standard InChI is InChI=1S/C26H23N3O2S/c1-18-15-24-23(9-12-28-26(24)29(18)32-22-5-3-2-4-6-22)19-7-8-25(20(16-19)17-27)31-21-10-13-30-14-11-21/h2-9,12,15-16,21H,10-11,13-14H2,1H3. The summed E-state index contributed by atoms with van der Waals surface area (Å²) in [5, 5.41) is 10.8. The largest absolute Gasteiger partial charge is 0.489 e. The predicted molar refractivity (Wildman–Crippen MR) is 127 cm³/mol. The Kier molecular flexibility index (Phi) is 5.85. The summed E-state index contributed by atoms with van der Waals surface area (Å²) in [6.45, 7) is 3.50. The van der Waals surface area contributed by atoms with Crippen molar-refractivity contribution in [3.8, 4) is 22.9 Å². The van der Waals surface area contributed by atoms with Crippen LogP contribution in [-0.2, 0) is 4.74 Å². The molecule has 6 heteroatoms. The second-order valence-corrected chi connectivity index (χ2v) is 8.85. The fourth-order valence-corrected chi connectivity index (χ4v) is 4.93. The van der Waals surface area contributed by atoms with Crippen LogP contribution in [0.15, 0.2) is 71.8 Å². The first-order chi connectivity index (χ1) is 15.7. The van der Waals surface area contributed by atoms with E-state index < -0.39 is 0 Å². The highest BCUT2D eigenvalue weighted by Crippen LogP contribution is 2.35. The molecule has 1 saturated heterocycles. The van der Waals surface area contributed by atoms with Gasteiger partial charge in [-0.25, -0.2) is 4.98 Å².